The molecular formula is C15H25NO3S. The molecule has 0 amide bonds. The summed E-state index contributed by atoms with van der Waals surface area (Å²) in [5, 5.41) is 3.35. The van der Waals surface area contributed by atoms with Crippen molar-refractivity contribution in [1.29, 1.82) is 0 Å². The Morgan fingerprint density at radius 3 is 2.40 bits per heavy atom. The molecule has 1 N–H and O–H groups in total. The molecule has 0 saturated carbocycles. The summed E-state index contributed by atoms with van der Waals surface area (Å²) in [5.74, 6) is 0.706. The number of benzene rings is 1. The van der Waals surface area contributed by atoms with E-state index in [1.807, 2.05) is 24.3 Å². The Labute approximate surface area is 122 Å². The van der Waals surface area contributed by atoms with Gasteiger partial charge in [-0.15, -0.1) is 0 Å². The summed E-state index contributed by atoms with van der Waals surface area (Å²) in [5.41, 5.74) is 0.874. The van der Waals surface area contributed by atoms with Crippen molar-refractivity contribution in [3.63, 3.8) is 0 Å². The van der Waals surface area contributed by atoms with Crippen LogP contribution >= 0.6 is 0 Å². The zero-order valence-corrected chi connectivity index (χ0v) is 13.8. The summed E-state index contributed by atoms with van der Waals surface area (Å²) in [6.45, 7) is 6.31. The Morgan fingerprint density at radius 1 is 1.30 bits per heavy atom. The second kappa shape index (κ2) is 6.59. The van der Waals surface area contributed by atoms with Crippen molar-refractivity contribution in [3.8, 4) is 5.75 Å². The zero-order chi connectivity index (χ0) is 15.4. The lowest BCUT2D eigenvalue weighted by molar-refractivity contribution is 0.376. The van der Waals surface area contributed by atoms with Crippen LogP contribution in [-0.2, 0) is 9.84 Å². The van der Waals surface area contributed by atoms with Gasteiger partial charge in [-0.05, 0) is 32.9 Å². The van der Waals surface area contributed by atoms with E-state index in [1.54, 1.807) is 21.0 Å². The smallest absolute Gasteiger partial charge is 0.154 e. The maximum atomic E-state index is 12.1. The first-order valence-electron chi connectivity index (χ1n) is 6.81. The SMILES string of the molecule is CCCNC(c1ccccc1OC)C(C)(C)S(C)(=O)=O. The van der Waals surface area contributed by atoms with Crippen LogP contribution in [0.1, 0.15) is 38.8 Å². The molecule has 1 atom stereocenters. The fourth-order valence-electron chi connectivity index (χ4n) is 2.14. The van der Waals surface area contributed by atoms with Crippen molar-refractivity contribution < 1.29 is 13.2 Å². The molecule has 114 valence electrons. The van der Waals surface area contributed by atoms with Crippen LogP contribution in [0.4, 0.5) is 0 Å². The molecular weight excluding hydrogens is 274 g/mol. The highest BCUT2D eigenvalue weighted by molar-refractivity contribution is 7.92. The molecule has 0 saturated heterocycles. The van der Waals surface area contributed by atoms with Gasteiger partial charge in [-0.3, -0.25) is 0 Å². The van der Waals surface area contributed by atoms with Gasteiger partial charge < -0.3 is 10.1 Å². The van der Waals surface area contributed by atoms with Gasteiger partial charge in [-0.1, -0.05) is 25.1 Å². The molecule has 1 aromatic rings. The third-order valence-electron chi connectivity index (χ3n) is 3.70. The Kier molecular flexibility index (Phi) is 5.59. The van der Waals surface area contributed by atoms with Crippen LogP contribution in [0, 0.1) is 0 Å². The molecule has 1 unspecified atom stereocenters. The number of hydrogen-bond acceptors (Lipinski definition) is 4. The van der Waals surface area contributed by atoms with Gasteiger partial charge in [0.15, 0.2) is 9.84 Å². The van der Waals surface area contributed by atoms with Crippen molar-refractivity contribution in [2.75, 3.05) is 19.9 Å². The summed E-state index contributed by atoms with van der Waals surface area (Å²) in [6.07, 6.45) is 2.22. The minimum atomic E-state index is -3.22. The quantitative estimate of drug-likeness (QED) is 0.840. The van der Waals surface area contributed by atoms with Crippen molar-refractivity contribution in [2.45, 2.75) is 38.0 Å². The van der Waals surface area contributed by atoms with E-state index in [4.69, 9.17) is 4.74 Å². The van der Waals surface area contributed by atoms with Gasteiger partial charge in [-0.25, -0.2) is 8.42 Å². The van der Waals surface area contributed by atoms with E-state index in [9.17, 15) is 8.42 Å². The average Bonchev–Trinajstić information content (AvgIpc) is 2.38. The standard InChI is InChI=1S/C15H25NO3S/c1-6-11-16-14(15(2,3)20(5,17)18)12-9-7-8-10-13(12)19-4/h7-10,14,16H,6,11H2,1-5H3. The van der Waals surface area contributed by atoms with Crippen LogP contribution in [0.3, 0.4) is 0 Å². The minimum Gasteiger partial charge on any atom is -0.496 e. The first-order chi connectivity index (χ1) is 9.25. The third kappa shape index (κ3) is 3.52. The monoisotopic (exact) mass is 299 g/mol. The molecule has 5 heteroatoms. The van der Waals surface area contributed by atoms with Gasteiger partial charge in [0.25, 0.3) is 0 Å². The van der Waals surface area contributed by atoms with Gasteiger partial charge in [0.05, 0.1) is 17.9 Å². The van der Waals surface area contributed by atoms with Crippen LogP contribution < -0.4 is 10.1 Å². The second-order valence-corrected chi connectivity index (χ2v) is 8.10. The van der Waals surface area contributed by atoms with E-state index in [-0.39, 0.29) is 6.04 Å². The molecule has 0 aliphatic rings. The Hall–Kier alpha value is -1.07. The fourth-order valence-corrected chi connectivity index (χ4v) is 2.78. The molecule has 0 heterocycles. The summed E-state index contributed by atoms with van der Waals surface area (Å²) in [4.78, 5) is 0. The van der Waals surface area contributed by atoms with E-state index in [2.05, 4.69) is 12.2 Å². The fraction of sp³-hybridized carbons (Fsp3) is 0.600. The number of hydrogen-bond donors (Lipinski definition) is 1. The molecule has 0 spiro atoms. The number of ether oxygens (including phenoxy) is 1. The highest BCUT2D eigenvalue weighted by Gasteiger charge is 2.40. The normalized spacial score (nSPS) is 14.1. The maximum Gasteiger partial charge on any atom is 0.154 e. The van der Waals surface area contributed by atoms with Gasteiger partial charge in [0.2, 0.25) is 0 Å². The lowest BCUT2D eigenvalue weighted by atomic mass is 9.94. The lowest BCUT2D eigenvalue weighted by Crippen LogP contribution is -2.45. The number of para-hydroxylation sites is 1. The van der Waals surface area contributed by atoms with E-state index < -0.39 is 14.6 Å². The molecule has 0 aliphatic heterocycles. The highest BCUT2D eigenvalue weighted by Crippen LogP contribution is 2.36. The second-order valence-electron chi connectivity index (χ2n) is 5.50. The largest absolute Gasteiger partial charge is 0.496 e. The first kappa shape index (κ1) is 17.0. The summed E-state index contributed by atoms with van der Waals surface area (Å²) < 4.78 is 28.8. The summed E-state index contributed by atoms with van der Waals surface area (Å²) in [7, 11) is -1.62. The molecule has 0 aromatic heterocycles. The Morgan fingerprint density at radius 2 is 1.90 bits per heavy atom. The minimum absolute atomic E-state index is 0.311. The number of nitrogens with one attached hydrogen (secondary N) is 1. The van der Waals surface area contributed by atoms with Crippen molar-refractivity contribution in [2.24, 2.45) is 0 Å². The molecule has 20 heavy (non-hydrogen) atoms. The third-order valence-corrected chi connectivity index (χ3v) is 5.85. The number of methoxy groups -OCH3 is 1. The number of rotatable bonds is 7. The van der Waals surface area contributed by atoms with Gasteiger partial charge in [0, 0.05) is 11.8 Å². The van der Waals surface area contributed by atoms with E-state index >= 15 is 0 Å². The molecule has 0 radical (unpaired) electrons. The van der Waals surface area contributed by atoms with E-state index in [0.29, 0.717) is 5.75 Å². The first-order valence-corrected chi connectivity index (χ1v) is 8.70. The van der Waals surface area contributed by atoms with Gasteiger partial charge in [0.1, 0.15) is 5.75 Å². The lowest BCUT2D eigenvalue weighted by Gasteiger charge is -2.34. The van der Waals surface area contributed by atoms with Crippen LogP contribution in [0.2, 0.25) is 0 Å². The predicted octanol–water partition coefficient (Wildman–Crippen LogP) is 2.56. The topological polar surface area (TPSA) is 55.4 Å². The highest BCUT2D eigenvalue weighted by atomic mass is 32.2. The number of sulfone groups is 1. The average molecular weight is 299 g/mol. The Bertz CT molecular complexity index is 538. The van der Waals surface area contributed by atoms with Crippen LogP contribution in [0.25, 0.3) is 0 Å². The zero-order valence-electron chi connectivity index (χ0n) is 12.9. The summed E-state index contributed by atoms with van der Waals surface area (Å²) in [6, 6.07) is 7.24. The van der Waals surface area contributed by atoms with Crippen LogP contribution in [0.15, 0.2) is 24.3 Å². The Balaban J connectivity index is 3.32. The van der Waals surface area contributed by atoms with Gasteiger partial charge >= 0.3 is 0 Å². The van der Waals surface area contributed by atoms with E-state index in [0.717, 1.165) is 18.5 Å². The molecule has 0 aliphatic carbocycles. The maximum absolute atomic E-state index is 12.1. The van der Waals surface area contributed by atoms with Crippen LogP contribution in [0.5, 0.6) is 5.75 Å². The van der Waals surface area contributed by atoms with Crippen molar-refractivity contribution in [1.82, 2.24) is 5.32 Å². The molecule has 1 rings (SSSR count). The van der Waals surface area contributed by atoms with E-state index in [1.165, 1.54) is 6.26 Å². The van der Waals surface area contributed by atoms with Crippen molar-refractivity contribution in [3.05, 3.63) is 29.8 Å². The molecule has 4 nitrogen and oxygen atoms in total. The molecule has 0 fully saturated rings. The van der Waals surface area contributed by atoms with Crippen molar-refractivity contribution >= 4 is 9.84 Å². The van der Waals surface area contributed by atoms with Gasteiger partial charge in [-0.2, -0.15) is 0 Å². The predicted molar refractivity (Wildman–Crippen MR) is 83.0 cm³/mol. The molecule has 1 aromatic carbocycles. The molecule has 0 bridgehead atoms. The van der Waals surface area contributed by atoms with Crippen LogP contribution in [-0.4, -0.2) is 33.1 Å². The summed E-state index contributed by atoms with van der Waals surface area (Å²) >= 11 is 0.